The molecule has 1 atom stereocenters. The molecule has 2 aromatic heterocycles. The molecule has 3 heterocycles. The molecule has 7 nitrogen and oxygen atoms in total. The SMILES string of the molecule is CC1(N)CCN(c2c(OCc3ccccc3)ccn(-c3ccc[nH]c3=O)c2=O)C1. The molecule has 1 fully saturated rings. The smallest absolute Gasteiger partial charge is 0.282 e. The summed E-state index contributed by atoms with van der Waals surface area (Å²) in [5.41, 5.74) is 6.99. The summed E-state index contributed by atoms with van der Waals surface area (Å²) in [5, 5.41) is 0. The molecule has 3 N–H and O–H groups in total. The third-order valence-corrected chi connectivity index (χ3v) is 5.14. The number of H-pyrrole nitrogens is 1. The van der Waals surface area contributed by atoms with Gasteiger partial charge < -0.3 is 20.4 Å². The number of anilines is 1. The first-order chi connectivity index (χ1) is 13.9. The standard InChI is InChI=1S/C22H24N4O3/c1-22(23)10-13-25(15-22)19-18(29-14-16-6-3-2-4-7-16)9-12-26(21(19)28)17-8-5-11-24-20(17)27/h2-9,11-12H,10,13-15,23H2,1H3,(H,24,27). The van der Waals surface area contributed by atoms with Crippen LogP contribution in [0.4, 0.5) is 5.69 Å². The maximum Gasteiger partial charge on any atom is 0.282 e. The van der Waals surface area contributed by atoms with Gasteiger partial charge in [-0.2, -0.15) is 0 Å². The molecular formula is C22H24N4O3. The van der Waals surface area contributed by atoms with Crippen LogP contribution < -0.4 is 26.5 Å². The van der Waals surface area contributed by atoms with Gasteiger partial charge in [0.05, 0.1) is 0 Å². The van der Waals surface area contributed by atoms with E-state index < -0.39 is 0 Å². The molecule has 3 aromatic rings. The summed E-state index contributed by atoms with van der Waals surface area (Å²) < 4.78 is 7.38. The Morgan fingerprint density at radius 1 is 1.14 bits per heavy atom. The molecule has 0 spiro atoms. The fourth-order valence-electron chi connectivity index (χ4n) is 3.62. The lowest BCUT2D eigenvalue weighted by atomic mass is 10.0. The number of nitrogens with two attached hydrogens (primary N) is 1. The number of aromatic amines is 1. The van der Waals surface area contributed by atoms with Crippen molar-refractivity contribution in [2.75, 3.05) is 18.0 Å². The molecule has 0 aliphatic carbocycles. The molecule has 1 unspecified atom stereocenters. The Labute approximate surface area is 168 Å². The number of hydrogen-bond donors (Lipinski definition) is 2. The summed E-state index contributed by atoms with van der Waals surface area (Å²) in [6, 6.07) is 14.8. The average Bonchev–Trinajstić information content (AvgIpc) is 3.07. The van der Waals surface area contributed by atoms with Gasteiger partial charge in [-0.25, -0.2) is 0 Å². The molecule has 1 aliphatic rings. The van der Waals surface area contributed by atoms with E-state index in [1.807, 2.05) is 42.2 Å². The van der Waals surface area contributed by atoms with E-state index in [0.717, 1.165) is 12.0 Å². The van der Waals surface area contributed by atoms with Gasteiger partial charge in [-0.3, -0.25) is 14.2 Å². The van der Waals surface area contributed by atoms with Crippen molar-refractivity contribution in [3.63, 3.8) is 0 Å². The normalized spacial score (nSPS) is 18.8. The van der Waals surface area contributed by atoms with Gasteiger partial charge in [-0.05, 0) is 37.1 Å². The molecular weight excluding hydrogens is 368 g/mol. The van der Waals surface area contributed by atoms with Gasteiger partial charge in [0, 0.05) is 31.0 Å². The molecule has 0 bridgehead atoms. The van der Waals surface area contributed by atoms with Crippen molar-refractivity contribution in [3.8, 4) is 11.4 Å². The van der Waals surface area contributed by atoms with Gasteiger partial charge in [0.15, 0.2) is 0 Å². The third-order valence-electron chi connectivity index (χ3n) is 5.14. The Morgan fingerprint density at radius 2 is 1.93 bits per heavy atom. The van der Waals surface area contributed by atoms with Crippen molar-refractivity contribution in [1.82, 2.24) is 9.55 Å². The fourth-order valence-corrected chi connectivity index (χ4v) is 3.62. The number of hydrogen-bond acceptors (Lipinski definition) is 5. The van der Waals surface area contributed by atoms with Gasteiger partial charge >= 0.3 is 0 Å². The minimum atomic E-state index is -0.381. The van der Waals surface area contributed by atoms with Crippen LogP contribution >= 0.6 is 0 Å². The molecule has 29 heavy (non-hydrogen) atoms. The molecule has 0 saturated carbocycles. The van der Waals surface area contributed by atoms with Crippen molar-refractivity contribution in [2.45, 2.75) is 25.5 Å². The molecule has 1 saturated heterocycles. The average molecular weight is 392 g/mol. The minimum absolute atomic E-state index is 0.267. The monoisotopic (exact) mass is 392 g/mol. The van der Waals surface area contributed by atoms with Crippen molar-refractivity contribution in [2.24, 2.45) is 5.73 Å². The van der Waals surface area contributed by atoms with Gasteiger partial charge in [0.25, 0.3) is 11.1 Å². The summed E-state index contributed by atoms with van der Waals surface area (Å²) >= 11 is 0. The Hall–Kier alpha value is -3.32. The van der Waals surface area contributed by atoms with Gasteiger partial charge in [0.1, 0.15) is 23.7 Å². The zero-order chi connectivity index (χ0) is 20.4. The summed E-state index contributed by atoms with van der Waals surface area (Å²) in [6.45, 7) is 3.51. The van der Waals surface area contributed by atoms with Crippen molar-refractivity contribution < 1.29 is 4.74 Å². The fraction of sp³-hybridized carbons (Fsp3) is 0.273. The highest BCUT2D eigenvalue weighted by molar-refractivity contribution is 5.59. The van der Waals surface area contributed by atoms with E-state index >= 15 is 0 Å². The van der Waals surface area contributed by atoms with Gasteiger partial charge in [-0.15, -0.1) is 0 Å². The predicted octanol–water partition coefficient (Wildman–Crippen LogP) is 2.03. The van der Waals surface area contributed by atoms with E-state index in [1.54, 1.807) is 24.4 Å². The highest BCUT2D eigenvalue weighted by Crippen LogP contribution is 2.30. The second-order valence-corrected chi connectivity index (χ2v) is 7.69. The number of nitrogens with one attached hydrogen (secondary N) is 1. The van der Waals surface area contributed by atoms with E-state index in [2.05, 4.69) is 4.98 Å². The zero-order valence-corrected chi connectivity index (χ0v) is 16.3. The van der Waals surface area contributed by atoms with E-state index in [-0.39, 0.29) is 22.3 Å². The second-order valence-electron chi connectivity index (χ2n) is 7.69. The highest BCUT2D eigenvalue weighted by atomic mass is 16.5. The lowest BCUT2D eigenvalue weighted by Gasteiger charge is -2.24. The van der Waals surface area contributed by atoms with Crippen LogP contribution in [0.25, 0.3) is 5.69 Å². The third kappa shape index (κ3) is 3.95. The maximum absolute atomic E-state index is 13.4. The van der Waals surface area contributed by atoms with E-state index in [4.69, 9.17) is 10.5 Å². The summed E-state index contributed by atoms with van der Waals surface area (Å²) in [4.78, 5) is 30.2. The number of benzene rings is 1. The summed E-state index contributed by atoms with van der Waals surface area (Å²) in [6.07, 6.45) is 3.88. The first-order valence-corrected chi connectivity index (χ1v) is 9.59. The van der Waals surface area contributed by atoms with Crippen LogP contribution in [0.3, 0.4) is 0 Å². The number of rotatable bonds is 5. The first kappa shape index (κ1) is 19.0. The molecule has 150 valence electrons. The van der Waals surface area contributed by atoms with Crippen LogP contribution in [0, 0.1) is 0 Å². The van der Waals surface area contributed by atoms with Crippen LogP contribution in [-0.4, -0.2) is 28.2 Å². The lowest BCUT2D eigenvalue weighted by molar-refractivity contribution is 0.305. The number of ether oxygens (including phenoxy) is 1. The van der Waals surface area contributed by atoms with Crippen LogP contribution in [0.2, 0.25) is 0 Å². The number of nitrogens with zero attached hydrogens (tertiary/aromatic N) is 2. The van der Waals surface area contributed by atoms with Crippen molar-refractivity contribution in [1.29, 1.82) is 0 Å². The molecule has 0 amide bonds. The predicted molar refractivity (Wildman–Crippen MR) is 113 cm³/mol. The number of pyridine rings is 2. The molecule has 1 aliphatic heterocycles. The molecule has 0 radical (unpaired) electrons. The summed E-state index contributed by atoms with van der Waals surface area (Å²) in [7, 11) is 0. The van der Waals surface area contributed by atoms with Gasteiger partial charge in [0.2, 0.25) is 0 Å². The minimum Gasteiger partial charge on any atom is -0.486 e. The van der Waals surface area contributed by atoms with E-state index in [1.165, 1.54) is 10.8 Å². The molecule has 1 aromatic carbocycles. The van der Waals surface area contributed by atoms with Crippen LogP contribution in [-0.2, 0) is 6.61 Å². The molecule has 4 rings (SSSR count). The topological polar surface area (TPSA) is 93.3 Å². The molecule has 7 heteroatoms. The number of aromatic nitrogens is 2. The quantitative estimate of drug-likeness (QED) is 0.693. The Morgan fingerprint density at radius 3 is 2.62 bits per heavy atom. The van der Waals surface area contributed by atoms with Crippen molar-refractivity contribution in [3.05, 3.63) is 87.2 Å². The van der Waals surface area contributed by atoms with E-state index in [0.29, 0.717) is 31.1 Å². The first-order valence-electron chi connectivity index (χ1n) is 9.59. The Bertz CT molecular complexity index is 1120. The van der Waals surface area contributed by atoms with Crippen molar-refractivity contribution >= 4 is 5.69 Å². The van der Waals surface area contributed by atoms with E-state index in [9.17, 15) is 9.59 Å². The lowest BCUT2D eigenvalue weighted by Crippen LogP contribution is -2.40. The largest absolute Gasteiger partial charge is 0.486 e. The highest BCUT2D eigenvalue weighted by Gasteiger charge is 2.33. The summed E-state index contributed by atoms with van der Waals surface area (Å²) in [5.74, 6) is 0.486. The zero-order valence-electron chi connectivity index (χ0n) is 16.3. The second kappa shape index (κ2) is 7.60. The van der Waals surface area contributed by atoms with Gasteiger partial charge in [-0.1, -0.05) is 30.3 Å². The Kier molecular flexibility index (Phi) is 4.98. The maximum atomic E-state index is 13.4. The van der Waals surface area contributed by atoms with Crippen LogP contribution in [0.1, 0.15) is 18.9 Å². The Balaban J connectivity index is 1.77. The van der Waals surface area contributed by atoms with Crippen LogP contribution in [0.15, 0.2) is 70.5 Å². The van der Waals surface area contributed by atoms with Crippen LogP contribution in [0.5, 0.6) is 5.75 Å².